The summed E-state index contributed by atoms with van der Waals surface area (Å²) in [6.07, 6.45) is 2.43. The lowest BCUT2D eigenvalue weighted by Gasteiger charge is -2.16. The Morgan fingerprint density at radius 1 is 1.44 bits per heavy atom. The average molecular weight is 253 g/mol. The van der Waals surface area contributed by atoms with Crippen molar-refractivity contribution in [3.05, 3.63) is 23.7 Å². The number of rotatable bonds is 6. The zero-order valence-electron chi connectivity index (χ0n) is 10.9. The van der Waals surface area contributed by atoms with Crippen LogP contribution in [-0.2, 0) is 11.2 Å². The fraction of sp³-hybridized carbons (Fsp3) is 0.538. The van der Waals surface area contributed by atoms with Gasteiger partial charge in [0.1, 0.15) is 11.8 Å². The molecular weight excluding hydrogens is 234 g/mol. The summed E-state index contributed by atoms with van der Waals surface area (Å²) in [4.78, 5) is 23.0. The highest BCUT2D eigenvalue weighted by Gasteiger charge is 2.23. The fourth-order valence-corrected chi connectivity index (χ4v) is 1.75. The number of nitrogens with one attached hydrogen (secondary N) is 1. The summed E-state index contributed by atoms with van der Waals surface area (Å²) >= 11 is 0. The molecule has 1 aromatic heterocycles. The standard InChI is InChI=1S/C13H19NO4/c1-4-11-9(5-6-18-11)12(15)14-10(13(16)17)7-8(2)3/h5-6,8,10H,4,7H2,1-3H3,(H,14,15)(H,16,17). The second kappa shape index (κ2) is 6.23. The highest BCUT2D eigenvalue weighted by atomic mass is 16.4. The Morgan fingerprint density at radius 3 is 2.61 bits per heavy atom. The van der Waals surface area contributed by atoms with Gasteiger partial charge in [-0.1, -0.05) is 20.8 Å². The SMILES string of the molecule is CCc1occc1C(=O)NC(CC(C)C)C(=O)O. The first-order valence-electron chi connectivity index (χ1n) is 6.05. The van der Waals surface area contributed by atoms with Gasteiger partial charge >= 0.3 is 5.97 Å². The number of carbonyl (C=O) groups excluding carboxylic acids is 1. The topological polar surface area (TPSA) is 79.5 Å². The van der Waals surface area contributed by atoms with Crippen molar-refractivity contribution in [1.29, 1.82) is 0 Å². The van der Waals surface area contributed by atoms with Gasteiger partial charge in [-0.2, -0.15) is 0 Å². The third-order valence-electron chi connectivity index (χ3n) is 2.62. The smallest absolute Gasteiger partial charge is 0.326 e. The lowest BCUT2D eigenvalue weighted by Crippen LogP contribution is -2.41. The molecule has 1 unspecified atom stereocenters. The Hall–Kier alpha value is -1.78. The monoisotopic (exact) mass is 253 g/mol. The van der Waals surface area contributed by atoms with Crippen molar-refractivity contribution >= 4 is 11.9 Å². The molecule has 0 radical (unpaired) electrons. The third kappa shape index (κ3) is 3.61. The van der Waals surface area contributed by atoms with E-state index in [1.807, 2.05) is 20.8 Å². The summed E-state index contributed by atoms with van der Waals surface area (Å²) in [7, 11) is 0. The van der Waals surface area contributed by atoms with Crippen molar-refractivity contribution in [1.82, 2.24) is 5.32 Å². The third-order valence-corrected chi connectivity index (χ3v) is 2.62. The molecule has 0 bridgehead atoms. The number of aliphatic carboxylic acids is 1. The molecule has 0 saturated heterocycles. The van der Waals surface area contributed by atoms with Crippen LogP contribution in [0.2, 0.25) is 0 Å². The lowest BCUT2D eigenvalue weighted by atomic mass is 10.0. The van der Waals surface area contributed by atoms with E-state index in [9.17, 15) is 9.59 Å². The van der Waals surface area contributed by atoms with Gasteiger partial charge < -0.3 is 14.8 Å². The minimum Gasteiger partial charge on any atom is -0.480 e. The van der Waals surface area contributed by atoms with E-state index in [0.29, 0.717) is 24.2 Å². The van der Waals surface area contributed by atoms with Crippen molar-refractivity contribution < 1.29 is 19.1 Å². The van der Waals surface area contributed by atoms with E-state index in [2.05, 4.69) is 5.32 Å². The van der Waals surface area contributed by atoms with Gasteiger partial charge in [0.2, 0.25) is 0 Å². The van der Waals surface area contributed by atoms with Crippen molar-refractivity contribution in [3.8, 4) is 0 Å². The summed E-state index contributed by atoms with van der Waals surface area (Å²) in [6, 6.07) is 0.694. The summed E-state index contributed by atoms with van der Waals surface area (Å²) in [5.74, 6) is -0.644. The van der Waals surface area contributed by atoms with Crippen LogP contribution < -0.4 is 5.32 Å². The predicted octanol–water partition coefficient (Wildman–Crippen LogP) is 2.07. The van der Waals surface area contributed by atoms with Crippen LogP contribution in [0.4, 0.5) is 0 Å². The molecule has 100 valence electrons. The molecule has 18 heavy (non-hydrogen) atoms. The van der Waals surface area contributed by atoms with E-state index in [0.717, 1.165) is 0 Å². The summed E-state index contributed by atoms with van der Waals surface area (Å²) in [5, 5.41) is 11.6. The van der Waals surface area contributed by atoms with Crippen molar-refractivity contribution in [2.45, 2.75) is 39.7 Å². The van der Waals surface area contributed by atoms with Crippen molar-refractivity contribution in [2.75, 3.05) is 0 Å². The predicted molar refractivity (Wildman–Crippen MR) is 66.4 cm³/mol. The maximum atomic E-state index is 11.9. The number of carbonyl (C=O) groups is 2. The molecule has 1 heterocycles. The Kier molecular flexibility index (Phi) is 4.95. The molecule has 0 aromatic carbocycles. The number of hydrogen-bond acceptors (Lipinski definition) is 3. The number of hydrogen-bond donors (Lipinski definition) is 2. The molecule has 1 amide bonds. The number of carboxylic acids is 1. The van der Waals surface area contributed by atoms with E-state index in [1.165, 1.54) is 6.26 Å². The van der Waals surface area contributed by atoms with Crippen LogP contribution in [0, 0.1) is 5.92 Å². The van der Waals surface area contributed by atoms with Gasteiger partial charge in [-0.3, -0.25) is 4.79 Å². The van der Waals surface area contributed by atoms with Crippen LogP contribution >= 0.6 is 0 Å². The number of furan rings is 1. The Balaban J connectivity index is 2.75. The minimum atomic E-state index is -1.02. The highest BCUT2D eigenvalue weighted by molar-refractivity contribution is 5.97. The zero-order valence-corrected chi connectivity index (χ0v) is 10.9. The summed E-state index contributed by atoms with van der Waals surface area (Å²) < 4.78 is 5.15. The first-order valence-corrected chi connectivity index (χ1v) is 6.05. The Morgan fingerprint density at radius 2 is 2.11 bits per heavy atom. The molecule has 0 fully saturated rings. The number of aryl methyl sites for hydroxylation is 1. The van der Waals surface area contributed by atoms with Crippen LogP contribution in [0.3, 0.4) is 0 Å². The largest absolute Gasteiger partial charge is 0.480 e. The molecular formula is C13H19NO4. The van der Waals surface area contributed by atoms with Crippen LogP contribution in [0.5, 0.6) is 0 Å². The molecule has 5 nitrogen and oxygen atoms in total. The maximum Gasteiger partial charge on any atom is 0.326 e. The van der Waals surface area contributed by atoms with Crippen LogP contribution in [0.15, 0.2) is 16.7 Å². The van der Waals surface area contributed by atoms with E-state index in [-0.39, 0.29) is 5.92 Å². The first kappa shape index (κ1) is 14.3. The van der Waals surface area contributed by atoms with Crippen LogP contribution in [0.1, 0.15) is 43.3 Å². The average Bonchev–Trinajstić information content (AvgIpc) is 2.75. The highest BCUT2D eigenvalue weighted by Crippen LogP contribution is 2.12. The van der Waals surface area contributed by atoms with Gasteiger partial charge in [0.05, 0.1) is 11.8 Å². The van der Waals surface area contributed by atoms with Gasteiger partial charge in [-0.15, -0.1) is 0 Å². The van der Waals surface area contributed by atoms with Gasteiger partial charge in [0, 0.05) is 6.42 Å². The zero-order chi connectivity index (χ0) is 13.7. The fourth-order valence-electron chi connectivity index (χ4n) is 1.75. The molecule has 1 rings (SSSR count). The molecule has 0 aliphatic heterocycles. The maximum absolute atomic E-state index is 11.9. The molecule has 0 spiro atoms. The molecule has 2 N–H and O–H groups in total. The lowest BCUT2D eigenvalue weighted by molar-refractivity contribution is -0.139. The molecule has 1 atom stereocenters. The number of amides is 1. The summed E-state index contributed by atoms with van der Waals surface area (Å²) in [5.41, 5.74) is 0.410. The van der Waals surface area contributed by atoms with E-state index in [4.69, 9.17) is 9.52 Å². The van der Waals surface area contributed by atoms with E-state index in [1.54, 1.807) is 6.07 Å². The molecule has 0 saturated carbocycles. The van der Waals surface area contributed by atoms with Crippen molar-refractivity contribution in [2.24, 2.45) is 5.92 Å². The van der Waals surface area contributed by atoms with E-state index < -0.39 is 17.9 Å². The van der Waals surface area contributed by atoms with Gasteiger partial charge in [-0.25, -0.2) is 4.79 Å². The first-order chi connectivity index (χ1) is 8.45. The molecule has 0 aliphatic rings. The van der Waals surface area contributed by atoms with Crippen LogP contribution in [0.25, 0.3) is 0 Å². The second-order valence-corrected chi connectivity index (χ2v) is 4.60. The van der Waals surface area contributed by atoms with Crippen LogP contribution in [-0.4, -0.2) is 23.0 Å². The molecule has 5 heteroatoms. The molecule has 0 aliphatic carbocycles. The minimum absolute atomic E-state index is 0.196. The normalized spacial score (nSPS) is 12.4. The second-order valence-electron chi connectivity index (χ2n) is 4.60. The quantitative estimate of drug-likeness (QED) is 0.813. The van der Waals surface area contributed by atoms with Crippen molar-refractivity contribution in [3.63, 3.8) is 0 Å². The van der Waals surface area contributed by atoms with Gasteiger partial charge in [-0.05, 0) is 18.4 Å². The Labute approximate surface area is 106 Å². The Bertz CT molecular complexity index is 422. The molecule has 1 aromatic rings. The van der Waals surface area contributed by atoms with Gasteiger partial charge in [0.25, 0.3) is 5.91 Å². The number of carboxylic acid groups (broad SMARTS) is 1. The summed E-state index contributed by atoms with van der Waals surface area (Å²) in [6.45, 7) is 5.70. The van der Waals surface area contributed by atoms with E-state index >= 15 is 0 Å². The van der Waals surface area contributed by atoms with Gasteiger partial charge in [0.15, 0.2) is 0 Å².